The fraction of sp³-hybridized carbons (Fsp3) is 0.143. The second-order valence-corrected chi connectivity index (χ2v) is 3.55. The molecule has 2 rings (SSSR count). The van der Waals surface area contributed by atoms with E-state index in [1.165, 1.54) is 6.07 Å². The summed E-state index contributed by atoms with van der Waals surface area (Å²) < 4.78 is 1.63. The van der Waals surface area contributed by atoms with Crippen LogP contribution < -0.4 is 5.56 Å². The lowest BCUT2D eigenvalue weighted by Crippen LogP contribution is -2.21. The Labute approximate surface area is 100 Å². The summed E-state index contributed by atoms with van der Waals surface area (Å²) in [7, 11) is 0. The summed E-state index contributed by atoms with van der Waals surface area (Å²) in [6.07, 6.45) is 2.91. The molecule has 3 heteroatoms. The van der Waals surface area contributed by atoms with Gasteiger partial charge in [0.1, 0.15) is 0 Å². The van der Waals surface area contributed by atoms with Gasteiger partial charge in [0, 0.05) is 30.8 Å². The molecule has 0 radical (unpaired) electrons. The van der Waals surface area contributed by atoms with Crippen LogP contribution in [0, 0.1) is 0 Å². The van der Waals surface area contributed by atoms with Gasteiger partial charge < -0.3 is 0 Å². The van der Waals surface area contributed by atoms with Crippen LogP contribution in [-0.4, -0.2) is 10.8 Å². The van der Waals surface area contributed by atoms with Gasteiger partial charge in [-0.15, -0.1) is 0 Å². The summed E-state index contributed by atoms with van der Waals surface area (Å²) in [5.74, 6) is 0. The van der Waals surface area contributed by atoms with E-state index >= 15 is 0 Å². The smallest absolute Gasteiger partial charge is 0.254 e. The van der Waals surface area contributed by atoms with Gasteiger partial charge in [-0.1, -0.05) is 11.1 Å². The van der Waals surface area contributed by atoms with Crippen molar-refractivity contribution in [3.63, 3.8) is 0 Å². The fourth-order valence-electron chi connectivity index (χ4n) is 1.57. The Kier molecular flexibility index (Phi) is 3.43. The minimum Gasteiger partial charge on any atom is -0.278 e. The first-order valence-corrected chi connectivity index (χ1v) is 5.53. The van der Waals surface area contributed by atoms with Crippen LogP contribution in [-0.2, 0) is 6.54 Å². The molecule has 3 nitrogen and oxygen atoms in total. The first-order chi connectivity index (χ1) is 8.31. The number of pyridine rings is 1. The average Bonchev–Trinajstić information content (AvgIpc) is 2.37. The molecule has 0 fully saturated rings. The number of para-hydroxylation sites is 1. The van der Waals surface area contributed by atoms with Crippen molar-refractivity contribution >= 4 is 11.9 Å². The molecule has 0 saturated carbocycles. The molecule has 0 spiro atoms. The van der Waals surface area contributed by atoms with Crippen LogP contribution in [0.3, 0.4) is 0 Å². The molecule has 0 aliphatic rings. The van der Waals surface area contributed by atoms with Crippen LogP contribution in [0.25, 0.3) is 0 Å². The van der Waals surface area contributed by atoms with Gasteiger partial charge in [0.2, 0.25) is 5.69 Å². The summed E-state index contributed by atoms with van der Waals surface area (Å²) in [5.41, 5.74) is 1.50. The first-order valence-electron chi connectivity index (χ1n) is 5.53. The van der Waals surface area contributed by atoms with E-state index in [4.69, 9.17) is 0 Å². The fourth-order valence-corrected chi connectivity index (χ4v) is 1.57. The zero-order chi connectivity index (χ0) is 12.1. The zero-order valence-electron chi connectivity index (χ0n) is 9.63. The Balaban J connectivity index is 2.34. The molecule has 17 heavy (non-hydrogen) atoms. The molecule has 84 valence electrons. The van der Waals surface area contributed by atoms with Crippen molar-refractivity contribution in [3.05, 3.63) is 64.6 Å². The topological polar surface area (TPSA) is 34.4 Å². The van der Waals surface area contributed by atoms with Crippen LogP contribution in [0.15, 0.2) is 58.3 Å². The normalized spacial score (nSPS) is 10.4. The Morgan fingerprint density at radius 2 is 1.88 bits per heavy atom. The number of aliphatic imine (C=N–C) groups is 1. The SMILES string of the molecule is CCn1c([C+]=Nc2ccccc2)cccc1=O. The molecule has 1 aromatic heterocycles. The number of hydrogen-bond donors (Lipinski definition) is 0. The summed E-state index contributed by atoms with van der Waals surface area (Å²) in [6, 6.07) is 14.6. The van der Waals surface area contributed by atoms with E-state index < -0.39 is 0 Å². The zero-order valence-corrected chi connectivity index (χ0v) is 9.63. The average molecular weight is 225 g/mol. The number of aromatic nitrogens is 1. The molecule has 0 atom stereocenters. The Bertz CT molecular complexity index is 570. The highest BCUT2D eigenvalue weighted by molar-refractivity contribution is 5.79. The maximum Gasteiger partial charge on any atom is 0.254 e. The highest BCUT2D eigenvalue weighted by atomic mass is 16.1. The first kappa shape index (κ1) is 11.2. The van der Waals surface area contributed by atoms with Crippen LogP contribution in [0.4, 0.5) is 5.69 Å². The molecule has 0 saturated heterocycles. The van der Waals surface area contributed by atoms with E-state index in [0.717, 1.165) is 5.69 Å². The van der Waals surface area contributed by atoms with Crippen molar-refractivity contribution in [2.24, 2.45) is 4.99 Å². The molecule has 0 N–H and O–H groups in total. The molecule has 0 amide bonds. The molecule has 1 heterocycles. The van der Waals surface area contributed by atoms with E-state index in [1.807, 2.05) is 43.3 Å². The van der Waals surface area contributed by atoms with Gasteiger partial charge in [0.25, 0.3) is 5.56 Å². The molecule has 0 bridgehead atoms. The van der Waals surface area contributed by atoms with E-state index in [9.17, 15) is 4.79 Å². The molecule has 0 aliphatic heterocycles. The third-order valence-electron chi connectivity index (χ3n) is 2.42. The van der Waals surface area contributed by atoms with Gasteiger partial charge in [-0.3, -0.25) is 9.36 Å². The van der Waals surface area contributed by atoms with Gasteiger partial charge in [-0.2, -0.15) is 0 Å². The summed E-state index contributed by atoms with van der Waals surface area (Å²) in [5, 5.41) is 0. The molecule has 0 aliphatic carbocycles. The number of nitrogens with zero attached hydrogens (tertiary/aromatic N) is 2. The standard InChI is InChI=1S/C14H13N2O/c1-2-16-13(9-6-10-14(16)17)11-15-12-7-4-3-5-8-12/h3-10H,2H2,1H3/q+1. The van der Waals surface area contributed by atoms with Gasteiger partial charge in [0.05, 0.1) is 6.07 Å². The van der Waals surface area contributed by atoms with Crippen LogP contribution >= 0.6 is 0 Å². The van der Waals surface area contributed by atoms with E-state index in [0.29, 0.717) is 12.2 Å². The quantitative estimate of drug-likeness (QED) is 0.583. The highest BCUT2D eigenvalue weighted by Gasteiger charge is 2.06. The molecule has 1 aromatic carbocycles. The van der Waals surface area contributed by atoms with Gasteiger partial charge >= 0.3 is 0 Å². The monoisotopic (exact) mass is 225 g/mol. The predicted octanol–water partition coefficient (Wildman–Crippen LogP) is 2.50. The largest absolute Gasteiger partial charge is 0.278 e. The number of hydrogen-bond acceptors (Lipinski definition) is 2. The summed E-state index contributed by atoms with van der Waals surface area (Å²) in [4.78, 5) is 15.8. The summed E-state index contributed by atoms with van der Waals surface area (Å²) >= 11 is 0. The van der Waals surface area contributed by atoms with Crippen molar-refractivity contribution in [1.29, 1.82) is 0 Å². The third kappa shape index (κ3) is 2.65. The van der Waals surface area contributed by atoms with Crippen LogP contribution in [0.5, 0.6) is 0 Å². The molecule has 0 unspecified atom stereocenters. The lowest BCUT2D eigenvalue weighted by molar-refractivity contribution is 0.722. The highest BCUT2D eigenvalue weighted by Crippen LogP contribution is 2.09. The van der Waals surface area contributed by atoms with Crippen molar-refractivity contribution in [2.75, 3.05) is 0 Å². The lowest BCUT2D eigenvalue weighted by atomic mass is 10.3. The maximum atomic E-state index is 11.6. The molecular weight excluding hydrogens is 212 g/mol. The Morgan fingerprint density at radius 3 is 2.59 bits per heavy atom. The van der Waals surface area contributed by atoms with E-state index in [1.54, 1.807) is 10.6 Å². The van der Waals surface area contributed by atoms with Crippen LogP contribution in [0.2, 0.25) is 0 Å². The molecular formula is C14H13N2O+. The van der Waals surface area contributed by atoms with Gasteiger partial charge in [-0.05, 0) is 19.1 Å². The minimum atomic E-state index is -0.0271. The van der Waals surface area contributed by atoms with Gasteiger partial charge in [-0.25, -0.2) is 0 Å². The second-order valence-electron chi connectivity index (χ2n) is 3.55. The Hall–Kier alpha value is -2.25. The number of rotatable bonds is 3. The summed E-state index contributed by atoms with van der Waals surface area (Å²) in [6.45, 7) is 2.54. The van der Waals surface area contributed by atoms with Crippen molar-refractivity contribution in [1.82, 2.24) is 4.57 Å². The minimum absolute atomic E-state index is 0.0271. The van der Waals surface area contributed by atoms with Crippen molar-refractivity contribution < 1.29 is 0 Å². The van der Waals surface area contributed by atoms with Crippen molar-refractivity contribution in [3.8, 4) is 0 Å². The van der Waals surface area contributed by atoms with Crippen molar-refractivity contribution in [2.45, 2.75) is 13.5 Å². The second kappa shape index (κ2) is 5.19. The predicted molar refractivity (Wildman–Crippen MR) is 69.0 cm³/mol. The third-order valence-corrected chi connectivity index (χ3v) is 2.42. The lowest BCUT2D eigenvalue weighted by Gasteiger charge is -1.98. The number of benzene rings is 1. The van der Waals surface area contributed by atoms with Gasteiger partial charge in [0.15, 0.2) is 11.9 Å². The van der Waals surface area contributed by atoms with E-state index in [2.05, 4.69) is 11.2 Å². The molecule has 2 aromatic rings. The Morgan fingerprint density at radius 1 is 1.12 bits per heavy atom. The van der Waals surface area contributed by atoms with Crippen LogP contribution in [0.1, 0.15) is 12.6 Å². The van der Waals surface area contributed by atoms with E-state index in [-0.39, 0.29) is 5.56 Å². The maximum absolute atomic E-state index is 11.6.